The van der Waals surface area contributed by atoms with Gasteiger partial charge in [0.05, 0.1) is 19.3 Å². The standard InChI is InChI=1S/C9H13ClN2O2S/c1-6(13)8-7(10)9(15-11-8)12-2-4-14-5-3-12/h6,13H,2-5H2,1H3/t6-/m1/s1. The van der Waals surface area contributed by atoms with Crippen LogP contribution in [0, 0.1) is 0 Å². The Kier molecular flexibility index (Phi) is 3.45. The molecule has 0 unspecified atom stereocenters. The Hall–Kier alpha value is -0.360. The molecule has 0 bridgehead atoms. The number of hydrogen-bond donors (Lipinski definition) is 1. The maximum atomic E-state index is 9.43. The lowest BCUT2D eigenvalue weighted by Crippen LogP contribution is -2.35. The molecule has 2 rings (SSSR count). The summed E-state index contributed by atoms with van der Waals surface area (Å²) in [5.41, 5.74) is 0.572. The number of aliphatic hydroxyl groups excluding tert-OH is 1. The Bertz CT molecular complexity index is 337. The molecule has 6 heteroatoms. The molecule has 15 heavy (non-hydrogen) atoms. The van der Waals surface area contributed by atoms with Crippen molar-refractivity contribution in [2.75, 3.05) is 31.2 Å². The van der Waals surface area contributed by atoms with Crippen LogP contribution in [-0.4, -0.2) is 35.8 Å². The average Bonchev–Trinajstić information content (AvgIpc) is 2.61. The first-order valence-electron chi connectivity index (χ1n) is 4.86. The van der Waals surface area contributed by atoms with Crippen LogP contribution in [0.25, 0.3) is 0 Å². The molecule has 0 spiro atoms. The minimum Gasteiger partial charge on any atom is -0.387 e. The molecule has 0 aromatic carbocycles. The Balaban J connectivity index is 2.20. The number of ether oxygens (including phenoxy) is 1. The summed E-state index contributed by atoms with van der Waals surface area (Å²) in [7, 11) is 0. The summed E-state index contributed by atoms with van der Waals surface area (Å²) in [6.07, 6.45) is -0.608. The number of nitrogens with zero attached hydrogens (tertiary/aromatic N) is 2. The molecule has 2 heterocycles. The molecule has 0 amide bonds. The molecule has 4 nitrogen and oxygen atoms in total. The quantitative estimate of drug-likeness (QED) is 0.865. The fourth-order valence-corrected chi connectivity index (χ4v) is 2.89. The summed E-state index contributed by atoms with van der Waals surface area (Å²) in [4.78, 5) is 2.15. The number of rotatable bonds is 2. The highest BCUT2D eigenvalue weighted by Gasteiger charge is 2.21. The Labute approximate surface area is 97.6 Å². The maximum absolute atomic E-state index is 9.43. The van der Waals surface area contributed by atoms with Crippen molar-refractivity contribution < 1.29 is 9.84 Å². The van der Waals surface area contributed by atoms with Gasteiger partial charge in [0.15, 0.2) is 0 Å². The van der Waals surface area contributed by atoms with E-state index in [1.807, 2.05) is 0 Å². The molecule has 0 radical (unpaired) electrons. The molecule has 1 N–H and O–H groups in total. The van der Waals surface area contributed by atoms with Crippen LogP contribution in [0.3, 0.4) is 0 Å². The molecule has 0 aliphatic carbocycles. The second kappa shape index (κ2) is 4.65. The monoisotopic (exact) mass is 248 g/mol. The van der Waals surface area contributed by atoms with E-state index in [0.717, 1.165) is 31.3 Å². The first-order valence-corrected chi connectivity index (χ1v) is 6.01. The van der Waals surface area contributed by atoms with Crippen LogP contribution in [0.15, 0.2) is 0 Å². The Morgan fingerprint density at radius 1 is 1.53 bits per heavy atom. The van der Waals surface area contributed by atoms with Gasteiger partial charge in [0, 0.05) is 13.1 Å². The van der Waals surface area contributed by atoms with Crippen molar-refractivity contribution in [1.82, 2.24) is 4.37 Å². The van der Waals surface area contributed by atoms with Crippen molar-refractivity contribution in [3.05, 3.63) is 10.7 Å². The highest BCUT2D eigenvalue weighted by Crippen LogP contribution is 2.36. The largest absolute Gasteiger partial charge is 0.387 e. The zero-order valence-electron chi connectivity index (χ0n) is 8.44. The normalized spacial score (nSPS) is 19.3. The number of anilines is 1. The van der Waals surface area contributed by atoms with Crippen LogP contribution in [0.1, 0.15) is 18.7 Å². The van der Waals surface area contributed by atoms with Gasteiger partial charge in [-0.1, -0.05) is 11.6 Å². The van der Waals surface area contributed by atoms with E-state index in [0.29, 0.717) is 10.7 Å². The summed E-state index contributed by atoms with van der Waals surface area (Å²) < 4.78 is 9.43. The van der Waals surface area contributed by atoms with Gasteiger partial charge in [-0.2, -0.15) is 4.37 Å². The fraction of sp³-hybridized carbons (Fsp3) is 0.667. The fourth-order valence-electron chi connectivity index (χ4n) is 1.50. The molecule has 1 atom stereocenters. The second-order valence-corrected chi connectivity index (χ2v) is 4.59. The molecule has 1 saturated heterocycles. The number of halogens is 1. The first-order chi connectivity index (χ1) is 7.20. The number of morpholine rings is 1. The number of aromatic nitrogens is 1. The minimum absolute atomic E-state index is 0.572. The van der Waals surface area contributed by atoms with Crippen LogP contribution >= 0.6 is 23.1 Å². The lowest BCUT2D eigenvalue weighted by atomic mass is 10.3. The summed E-state index contributed by atoms with van der Waals surface area (Å²) in [6, 6.07) is 0. The highest BCUT2D eigenvalue weighted by molar-refractivity contribution is 7.11. The highest BCUT2D eigenvalue weighted by atomic mass is 35.5. The van der Waals surface area contributed by atoms with E-state index in [1.165, 1.54) is 11.5 Å². The third kappa shape index (κ3) is 2.25. The van der Waals surface area contributed by atoms with Gasteiger partial charge in [-0.05, 0) is 18.5 Å². The van der Waals surface area contributed by atoms with Crippen molar-refractivity contribution in [1.29, 1.82) is 0 Å². The lowest BCUT2D eigenvalue weighted by molar-refractivity contribution is 0.123. The van der Waals surface area contributed by atoms with E-state index < -0.39 is 6.10 Å². The summed E-state index contributed by atoms with van der Waals surface area (Å²) in [6.45, 7) is 4.78. The number of hydrogen-bond acceptors (Lipinski definition) is 5. The van der Waals surface area contributed by atoms with Crippen molar-refractivity contribution in [2.45, 2.75) is 13.0 Å². The first kappa shape index (κ1) is 11.1. The second-order valence-electron chi connectivity index (χ2n) is 3.46. The molecule has 1 aliphatic rings. The van der Waals surface area contributed by atoms with Gasteiger partial charge < -0.3 is 14.7 Å². The molecular weight excluding hydrogens is 236 g/mol. The van der Waals surface area contributed by atoms with Crippen molar-refractivity contribution in [2.24, 2.45) is 0 Å². The van der Waals surface area contributed by atoms with E-state index in [9.17, 15) is 5.11 Å². The average molecular weight is 249 g/mol. The molecule has 1 aliphatic heterocycles. The molecule has 84 valence electrons. The third-order valence-corrected chi connectivity index (χ3v) is 3.75. The van der Waals surface area contributed by atoms with Gasteiger partial charge >= 0.3 is 0 Å². The van der Waals surface area contributed by atoms with E-state index in [2.05, 4.69) is 9.27 Å². The lowest BCUT2D eigenvalue weighted by Gasteiger charge is -2.27. The van der Waals surface area contributed by atoms with Crippen molar-refractivity contribution >= 4 is 28.1 Å². The van der Waals surface area contributed by atoms with E-state index in [1.54, 1.807) is 6.92 Å². The topological polar surface area (TPSA) is 45.6 Å². The van der Waals surface area contributed by atoms with Crippen LogP contribution in [0.2, 0.25) is 5.02 Å². The van der Waals surface area contributed by atoms with Gasteiger partial charge in [0.2, 0.25) is 0 Å². The molecule has 0 saturated carbocycles. The van der Waals surface area contributed by atoms with Gasteiger partial charge in [-0.25, -0.2) is 0 Å². The molecule has 1 aromatic heterocycles. The Morgan fingerprint density at radius 2 is 2.20 bits per heavy atom. The van der Waals surface area contributed by atoms with Gasteiger partial charge in [-0.3, -0.25) is 0 Å². The minimum atomic E-state index is -0.608. The predicted octanol–water partition coefficient (Wildman–Crippen LogP) is 1.69. The van der Waals surface area contributed by atoms with Crippen LogP contribution in [0.4, 0.5) is 5.00 Å². The van der Waals surface area contributed by atoms with Crippen LogP contribution in [-0.2, 0) is 4.74 Å². The third-order valence-electron chi connectivity index (χ3n) is 2.34. The number of aliphatic hydroxyl groups is 1. The van der Waals surface area contributed by atoms with Crippen LogP contribution in [0.5, 0.6) is 0 Å². The molecule has 1 aromatic rings. The van der Waals surface area contributed by atoms with Crippen molar-refractivity contribution in [3.63, 3.8) is 0 Å². The van der Waals surface area contributed by atoms with Gasteiger partial charge in [0.1, 0.15) is 15.7 Å². The smallest absolute Gasteiger partial charge is 0.131 e. The van der Waals surface area contributed by atoms with E-state index in [-0.39, 0.29) is 0 Å². The SMILES string of the molecule is C[C@@H](O)c1nsc(N2CCOCC2)c1Cl. The summed E-state index contributed by atoms with van der Waals surface area (Å²) in [5, 5.41) is 11.0. The predicted molar refractivity (Wildman–Crippen MR) is 60.8 cm³/mol. The summed E-state index contributed by atoms with van der Waals surface area (Å²) in [5.74, 6) is 0. The van der Waals surface area contributed by atoms with Crippen LogP contribution < -0.4 is 4.90 Å². The Morgan fingerprint density at radius 3 is 2.73 bits per heavy atom. The van der Waals surface area contributed by atoms with E-state index in [4.69, 9.17) is 16.3 Å². The van der Waals surface area contributed by atoms with Crippen molar-refractivity contribution in [3.8, 4) is 0 Å². The van der Waals surface area contributed by atoms with E-state index >= 15 is 0 Å². The maximum Gasteiger partial charge on any atom is 0.131 e. The van der Waals surface area contributed by atoms with Gasteiger partial charge in [-0.15, -0.1) is 0 Å². The zero-order valence-corrected chi connectivity index (χ0v) is 10.0. The molecule has 1 fully saturated rings. The zero-order chi connectivity index (χ0) is 10.8. The van der Waals surface area contributed by atoms with Gasteiger partial charge in [0.25, 0.3) is 0 Å². The summed E-state index contributed by atoms with van der Waals surface area (Å²) >= 11 is 7.50. The molecular formula is C9H13ClN2O2S.